The molecule has 94 valence electrons. The van der Waals surface area contributed by atoms with E-state index in [1.165, 1.54) is 41.4 Å². The number of halogens is 2. The lowest BCUT2D eigenvalue weighted by Crippen LogP contribution is -1.91. The summed E-state index contributed by atoms with van der Waals surface area (Å²) in [6, 6.07) is 9.01. The normalized spacial score (nSPS) is 10.8. The fourth-order valence-electron chi connectivity index (χ4n) is 1.97. The van der Waals surface area contributed by atoms with Gasteiger partial charge in [0.25, 0.3) is 0 Å². The van der Waals surface area contributed by atoms with E-state index in [0.29, 0.717) is 0 Å². The number of hydrogen-bond acceptors (Lipinski definition) is 0. The van der Waals surface area contributed by atoms with E-state index in [4.69, 9.17) is 0 Å². The molecule has 18 heavy (non-hydrogen) atoms. The summed E-state index contributed by atoms with van der Waals surface area (Å²) in [6.07, 6.45) is 0. The highest BCUT2D eigenvalue weighted by molar-refractivity contribution is 14.1. The van der Waals surface area contributed by atoms with Crippen LogP contribution in [0.3, 0.4) is 0 Å². The number of benzene rings is 2. The molecular formula is C16H16BrI. The van der Waals surface area contributed by atoms with Crippen LogP contribution in [0.4, 0.5) is 0 Å². The summed E-state index contributed by atoms with van der Waals surface area (Å²) in [5, 5.41) is 0. The molecule has 0 nitrogen and oxygen atoms in total. The van der Waals surface area contributed by atoms with Gasteiger partial charge in [-0.2, -0.15) is 0 Å². The maximum Gasteiger partial charge on any atom is 0.0256 e. The molecule has 0 aliphatic carbocycles. The number of rotatable bonds is 1. The Balaban J connectivity index is 2.69. The van der Waals surface area contributed by atoms with Crippen LogP contribution < -0.4 is 0 Å². The van der Waals surface area contributed by atoms with E-state index in [9.17, 15) is 0 Å². The van der Waals surface area contributed by atoms with E-state index < -0.39 is 0 Å². The summed E-state index contributed by atoms with van der Waals surface area (Å²) in [4.78, 5) is 0. The Labute approximate surface area is 131 Å². The molecule has 0 saturated heterocycles. The first-order valence-corrected chi connectivity index (χ1v) is 7.81. The molecule has 0 heterocycles. The molecule has 0 unspecified atom stereocenters. The molecule has 0 saturated carbocycles. The highest BCUT2D eigenvalue weighted by atomic mass is 127. The zero-order valence-electron chi connectivity index (χ0n) is 11.1. The second-order valence-corrected chi connectivity index (χ2v) is 6.85. The molecule has 2 aromatic carbocycles. The van der Waals surface area contributed by atoms with Crippen molar-refractivity contribution in [2.24, 2.45) is 0 Å². The van der Waals surface area contributed by atoms with Gasteiger partial charge in [0.2, 0.25) is 0 Å². The molecule has 0 atom stereocenters. The van der Waals surface area contributed by atoms with E-state index in [1.807, 2.05) is 0 Å². The Morgan fingerprint density at radius 3 is 1.78 bits per heavy atom. The van der Waals surface area contributed by atoms with Crippen molar-refractivity contribution >= 4 is 38.5 Å². The highest BCUT2D eigenvalue weighted by Crippen LogP contribution is 2.35. The zero-order valence-corrected chi connectivity index (χ0v) is 14.8. The minimum absolute atomic E-state index is 1.17. The van der Waals surface area contributed by atoms with E-state index in [1.54, 1.807) is 0 Å². The van der Waals surface area contributed by atoms with Gasteiger partial charge in [-0.25, -0.2) is 0 Å². The van der Waals surface area contributed by atoms with Gasteiger partial charge in [-0.05, 0) is 95.8 Å². The first-order chi connectivity index (χ1) is 8.40. The predicted molar refractivity (Wildman–Crippen MR) is 91.2 cm³/mol. The van der Waals surface area contributed by atoms with E-state index >= 15 is 0 Å². The monoisotopic (exact) mass is 414 g/mol. The Kier molecular flexibility index (Phi) is 4.17. The summed E-state index contributed by atoms with van der Waals surface area (Å²) in [5.41, 5.74) is 7.95. The van der Waals surface area contributed by atoms with Crippen molar-refractivity contribution in [2.45, 2.75) is 27.7 Å². The molecule has 0 amide bonds. The number of aryl methyl sites for hydroxylation is 4. The summed E-state index contributed by atoms with van der Waals surface area (Å²) < 4.78 is 2.48. The van der Waals surface area contributed by atoms with Crippen LogP contribution in [0.5, 0.6) is 0 Å². The highest BCUT2D eigenvalue weighted by Gasteiger charge is 2.10. The third kappa shape index (κ3) is 2.64. The van der Waals surface area contributed by atoms with Crippen LogP contribution in [0.1, 0.15) is 22.3 Å². The van der Waals surface area contributed by atoms with Gasteiger partial charge in [-0.1, -0.05) is 28.1 Å². The first kappa shape index (κ1) is 14.1. The maximum atomic E-state index is 3.69. The number of hydrogen-bond donors (Lipinski definition) is 0. The molecule has 0 radical (unpaired) electrons. The summed E-state index contributed by atoms with van der Waals surface area (Å²) >= 11 is 6.11. The van der Waals surface area contributed by atoms with Crippen LogP contribution in [0.25, 0.3) is 11.1 Å². The molecule has 0 N–H and O–H groups in total. The lowest BCUT2D eigenvalue weighted by atomic mass is 9.97. The van der Waals surface area contributed by atoms with Crippen LogP contribution in [0.15, 0.2) is 28.7 Å². The molecule has 2 heteroatoms. The fraction of sp³-hybridized carbons (Fsp3) is 0.250. The third-order valence-electron chi connectivity index (χ3n) is 3.46. The van der Waals surface area contributed by atoms with Gasteiger partial charge in [0.05, 0.1) is 0 Å². The van der Waals surface area contributed by atoms with Gasteiger partial charge in [0.1, 0.15) is 0 Å². The van der Waals surface area contributed by atoms with E-state index in [2.05, 4.69) is 90.5 Å². The van der Waals surface area contributed by atoms with E-state index in [0.717, 1.165) is 0 Å². The SMILES string of the molecule is Cc1cc(Br)c(-c2cc(C)c(C)cc2I)cc1C. The predicted octanol–water partition coefficient (Wildman–Crippen LogP) is 5.95. The second-order valence-electron chi connectivity index (χ2n) is 4.83. The molecular weight excluding hydrogens is 399 g/mol. The minimum Gasteiger partial charge on any atom is -0.0501 e. The lowest BCUT2D eigenvalue weighted by Gasteiger charge is -2.13. The summed E-state index contributed by atoms with van der Waals surface area (Å²) in [5.74, 6) is 0. The van der Waals surface area contributed by atoms with Crippen LogP contribution in [-0.4, -0.2) is 0 Å². The average Bonchev–Trinajstić information content (AvgIpc) is 2.29. The summed E-state index contributed by atoms with van der Waals surface area (Å²) in [6.45, 7) is 8.65. The molecule has 0 bridgehead atoms. The Morgan fingerprint density at radius 1 is 0.722 bits per heavy atom. The van der Waals surface area contributed by atoms with Crippen molar-refractivity contribution < 1.29 is 0 Å². The van der Waals surface area contributed by atoms with Crippen LogP contribution in [0.2, 0.25) is 0 Å². The van der Waals surface area contributed by atoms with Crippen molar-refractivity contribution in [2.75, 3.05) is 0 Å². The standard InChI is InChI=1S/C16H16BrI/c1-9-5-13(15(17)7-11(9)3)14-6-10(2)12(4)8-16(14)18/h5-8H,1-4H3. The largest absolute Gasteiger partial charge is 0.0501 e. The van der Waals surface area contributed by atoms with Crippen molar-refractivity contribution in [1.82, 2.24) is 0 Å². The summed E-state index contributed by atoms with van der Waals surface area (Å²) in [7, 11) is 0. The fourth-order valence-corrected chi connectivity index (χ4v) is 3.56. The van der Waals surface area contributed by atoms with Crippen LogP contribution in [0, 0.1) is 31.3 Å². The average molecular weight is 415 g/mol. The van der Waals surface area contributed by atoms with Crippen LogP contribution in [-0.2, 0) is 0 Å². The van der Waals surface area contributed by atoms with Crippen molar-refractivity contribution in [3.8, 4) is 11.1 Å². The molecule has 2 aromatic rings. The Morgan fingerprint density at radius 2 is 1.17 bits per heavy atom. The van der Waals surface area contributed by atoms with Gasteiger partial charge in [0.15, 0.2) is 0 Å². The molecule has 2 rings (SSSR count). The molecule has 0 spiro atoms. The molecule has 0 aliphatic rings. The quantitative estimate of drug-likeness (QED) is 0.505. The Bertz CT molecular complexity index is 559. The van der Waals surface area contributed by atoms with Crippen molar-refractivity contribution in [3.63, 3.8) is 0 Å². The first-order valence-electron chi connectivity index (χ1n) is 5.94. The lowest BCUT2D eigenvalue weighted by molar-refractivity contribution is 1.30. The van der Waals surface area contributed by atoms with Crippen molar-refractivity contribution in [1.29, 1.82) is 0 Å². The van der Waals surface area contributed by atoms with Crippen LogP contribution >= 0.6 is 38.5 Å². The minimum atomic E-state index is 1.17. The smallest absolute Gasteiger partial charge is 0.0256 e. The van der Waals surface area contributed by atoms with Gasteiger partial charge in [-0.15, -0.1) is 0 Å². The van der Waals surface area contributed by atoms with Gasteiger partial charge >= 0.3 is 0 Å². The van der Waals surface area contributed by atoms with Gasteiger partial charge < -0.3 is 0 Å². The maximum absolute atomic E-state index is 3.69. The second kappa shape index (κ2) is 5.33. The van der Waals surface area contributed by atoms with Gasteiger partial charge in [0, 0.05) is 8.04 Å². The van der Waals surface area contributed by atoms with E-state index in [-0.39, 0.29) is 0 Å². The zero-order chi connectivity index (χ0) is 13.4. The topological polar surface area (TPSA) is 0 Å². The molecule has 0 fully saturated rings. The molecule has 0 aromatic heterocycles. The van der Waals surface area contributed by atoms with Gasteiger partial charge in [-0.3, -0.25) is 0 Å². The third-order valence-corrected chi connectivity index (χ3v) is 5.01. The molecule has 0 aliphatic heterocycles. The van der Waals surface area contributed by atoms with Crippen molar-refractivity contribution in [3.05, 3.63) is 54.6 Å². The Hall–Kier alpha value is -0.350.